The number of nitrogens with one attached hydrogen (secondary N) is 2. The molecule has 20 heavy (non-hydrogen) atoms. The first kappa shape index (κ1) is 15.4. The fraction of sp³-hybridized carbons (Fsp3) is 0.562. The molecule has 3 unspecified atom stereocenters. The fourth-order valence-electron chi connectivity index (χ4n) is 2.40. The zero-order chi connectivity index (χ0) is 14.4. The van der Waals surface area contributed by atoms with Crippen LogP contribution in [0.15, 0.2) is 30.3 Å². The molecule has 4 heteroatoms. The second kappa shape index (κ2) is 7.70. The van der Waals surface area contributed by atoms with Crippen molar-refractivity contribution in [1.82, 2.24) is 10.6 Å². The van der Waals surface area contributed by atoms with Crippen molar-refractivity contribution >= 4 is 17.7 Å². The molecule has 1 amide bonds. The summed E-state index contributed by atoms with van der Waals surface area (Å²) in [5.41, 5.74) is 1.27. The van der Waals surface area contributed by atoms with Crippen LogP contribution in [-0.4, -0.2) is 30.3 Å². The van der Waals surface area contributed by atoms with Crippen molar-refractivity contribution in [3.63, 3.8) is 0 Å². The normalized spacial score (nSPS) is 24.1. The van der Waals surface area contributed by atoms with Crippen molar-refractivity contribution in [3.05, 3.63) is 35.9 Å². The average Bonchev–Trinajstić information content (AvgIpc) is 2.48. The van der Waals surface area contributed by atoms with Crippen molar-refractivity contribution < 1.29 is 4.79 Å². The van der Waals surface area contributed by atoms with E-state index in [-0.39, 0.29) is 11.2 Å². The summed E-state index contributed by atoms with van der Waals surface area (Å²) in [7, 11) is 0. The Morgan fingerprint density at radius 3 is 2.90 bits per heavy atom. The summed E-state index contributed by atoms with van der Waals surface area (Å²) in [6, 6.07) is 10.6. The number of hydrogen-bond donors (Lipinski definition) is 2. The van der Waals surface area contributed by atoms with Crippen molar-refractivity contribution in [2.24, 2.45) is 5.92 Å². The van der Waals surface area contributed by atoms with Crippen LogP contribution in [0.2, 0.25) is 0 Å². The summed E-state index contributed by atoms with van der Waals surface area (Å²) >= 11 is 1.70. The summed E-state index contributed by atoms with van der Waals surface area (Å²) in [5.74, 6) is 1.57. The van der Waals surface area contributed by atoms with E-state index in [1.807, 2.05) is 25.1 Å². The number of benzene rings is 1. The highest BCUT2D eigenvalue weighted by Crippen LogP contribution is 2.19. The second-order valence-electron chi connectivity index (χ2n) is 5.52. The maximum atomic E-state index is 12.2. The first-order valence-corrected chi connectivity index (χ1v) is 8.38. The highest BCUT2D eigenvalue weighted by Gasteiger charge is 2.24. The third-order valence-corrected chi connectivity index (χ3v) is 5.04. The van der Waals surface area contributed by atoms with E-state index in [9.17, 15) is 4.79 Å². The first-order valence-electron chi connectivity index (χ1n) is 7.33. The monoisotopic (exact) mass is 292 g/mol. The predicted molar refractivity (Wildman–Crippen MR) is 85.8 cm³/mol. The number of thioether (sulfide) groups is 1. The molecule has 1 aromatic rings. The van der Waals surface area contributed by atoms with Gasteiger partial charge in [-0.3, -0.25) is 4.79 Å². The number of hydrogen-bond acceptors (Lipinski definition) is 3. The molecule has 110 valence electrons. The molecule has 1 aromatic carbocycles. The highest BCUT2D eigenvalue weighted by atomic mass is 32.2. The fourth-order valence-corrected chi connectivity index (χ4v) is 3.25. The van der Waals surface area contributed by atoms with Gasteiger partial charge >= 0.3 is 0 Å². The number of amides is 1. The third-order valence-electron chi connectivity index (χ3n) is 3.83. The van der Waals surface area contributed by atoms with E-state index in [0.29, 0.717) is 12.0 Å². The van der Waals surface area contributed by atoms with Gasteiger partial charge in [0.15, 0.2) is 0 Å². The Kier molecular flexibility index (Phi) is 5.92. The summed E-state index contributed by atoms with van der Waals surface area (Å²) in [6.07, 6.45) is 1.03. The lowest BCUT2D eigenvalue weighted by Crippen LogP contribution is -2.50. The van der Waals surface area contributed by atoms with E-state index in [2.05, 4.69) is 29.7 Å². The van der Waals surface area contributed by atoms with Gasteiger partial charge in [-0.25, -0.2) is 0 Å². The highest BCUT2D eigenvalue weighted by molar-refractivity contribution is 7.99. The number of carbonyl (C=O) groups excluding carboxylic acids is 1. The summed E-state index contributed by atoms with van der Waals surface area (Å²) in [5, 5.41) is 6.56. The molecule has 2 rings (SSSR count). The molecule has 1 aliphatic rings. The molecular formula is C16H24N2OS. The lowest BCUT2D eigenvalue weighted by atomic mass is 9.95. The van der Waals surface area contributed by atoms with Crippen LogP contribution < -0.4 is 10.6 Å². The molecule has 0 radical (unpaired) electrons. The van der Waals surface area contributed by atoms with Crippen LogP contribution in [0.3, 0.4) is 0 Å². The third kappa shape index (κ3) is 4.53. The van der Waals surface area contributed by atoms with Gasteiger partial charge < -0.3 is 10.6 Å². The largest absolute Gasteiger partial charge is 0.352 e. The quantitative estimate of drug-likeness (QED) is 0.876. The Balaban J connectivity index is 1.77. The second-order valence-corrected chi connectivity index (χ2v) is 6.85. The van der Waals surface area contributed by atoms with E-state index in [0.717, 1.165) is 25.3 Å². The molecule has 0 saturated carbocycles. The summed E-state index contributed by atoms with van der Waals surface area (Å²) in [4.78, 5) is 12.2. The van der Waals surface area contributed by atoms with E-state index in [4.69, 9.17) is 0 Å². The Bertz CT molecular complexity index is 424. The van der Waals surface area contributed by atoms with Crippen LogP contribution in [-0.2, 0) is 10.5 Å². The maximum absolute atomic E-state index is 12.2. The molecule has 1 aliphatic heterocycles. The molecule has 3 nitrogen and oxygen atoms in total. The molecular weight excluding hydrogens is 268 g/mol. The van der Waals surface area contributed by atoms with Crippen LogP contribution in [0.5, 0.6) is 0 Å². The van der Waals surface area contributed by atoms with Gasteiger partial charge in [0, 0.05) is 11.8 Å². The molecule has 0 spiro atoms. The van der Waals surface area contributed by atoms with Gasteiger partial charge in [0.1, 0.15) is 0 Å². The van der Waals surface area contributed by atoms with Gasteiger partial charge in [-0.2, -0.15) is 0 Å². The van der Waals surface area contributed by atoms with Gasteiger partial charge in [-0.15, -0.1) is 11.8 Å². The molecule has 2 N–H and O–H groups in total. The lowest BCUT2D eigenvalue weighted by molar-refractivity contribution is -0.121. The van der Waals surface area contributed by atoms with E-state index >= 15 is 0 Å². The van der Waals surface area contributed by atoms with Crippen LogP contribution >= 0.6 is 11.8 Å². The van der Waals surface area contributed by atoms with Gasteiger partial charge in [0.05, 0.1) is 5.25 Å². The Morgan fingerprint density at radius 1 is 1.45 bits per heavy atom. The molecule has 1 heterocycles. The van der Waals surface area contributed by atoms with Crippen molar-refractivity contribution in [3.8, 4) is 0 Å². The number of carbonyl (C=O) groups is 1. The van der Waals surface area contributed by atoms with Crippen LogP contribution in [0.4, 0.5) is 0 Å². The van der Waals surface area contributed by atoms with Crippen LogP contribution in [0, 0.1) is 5.92 Å². The minimum Gasteiger partial charge on any atom is -0.352 e. The zero-order valence-electron chi connectivity index (χ0n) is 12.3. The van der Waals surface area contributed by atoms with Crippen LogP contribution in [0.1, 0.15) is 25.8 Å². The van der Waals surface area contributed by atoms with E-state index < -0.39 is 0 Å². The average molecular weight is 292 g/mol. The number of rotatable bonds is 5. The first-order chi connectivity index (χ1) is 9.66. The smallest absolute Gasteiger partial charge is 0.233 e. The summed E-state index contributed by atoms with van der Waals surface area (Å²) < 4.78 is 0. The Hall–Kier alpha value is -1.00. The molecule has 0 bridgehead atoms. The minimum atomic E-state index is -0.00251. The van der Waals surface area contributed by atoms with E-state index in [1.54, 1.807) is 11.8 Å². The molecule has 1 fully saturated rings. The Morgan fingerprint density at radius 2 is 2.20 bits per heavy atom. The van der Waals surface area contributed by atoms with Crippen molar-refractivity contribution in [2.45, 2.75) is 37.3 Å². The molecule has 3 atom stereocenters. The van der Waals surface area contributed by atoms with Gasteiger partial charge in [0.2, 0.25) is 5.91 Å². The van der Waals surface area contributed by atoms with Gasteiger partial charge in [-0.1, -0.05) is 37.3 Å². The standard InChI is InChI=1S/C16H24N2OS/c1-12-10-17-9-8-15(12)18-16(19)13(2)20-11-14-6-4-3-5-7-14/h3-7,12-13,15,17H,8-11H2,1-2H3,(H,18,19). The van der Waals surface area contributed by atoms with E-state index in [1.165, 1.54) is 5.56 Å². The molecule has 0 aromatic heterocycles. The maximum Gasteiger partial charge on any atom is 0.233 e. The van der Waals surface area contributed by atoms with Crippen LogP contribution in [0.25, 0.3) is 0 Å². The molecule has 1 saturated heterocycles. The topological polar surface area (TPSA) is 41.1 Å². The van der Waals surface area contributed by atoms with Crippen molar-refractivity contribution in [2.75, 3.05) is 13.1 Å². The van der Waals surface area contributed by atoms with Gasteiger partial charge in [0.25, 0.3) is 0 Å². The number of piperidine rings is 1. The lowest BCUT2D eigenvalue weighted by Gasteiger charge is -2.31. The predicted octanol–water partition coefficient (Wildman–Crippen LogP) is 2.42. The van der Waals surface area contributed by atoms with Crippen molar-refractivity contribution in [1.29, 1.82) is 0 Å². The van der Waals surface area contributed by atoms with Gasteiger partial charge in [-0.05, 0) is 37.9 Å². The Labute approximate surface area is 125 Å². The minimum absolute atomic E-state index is 0.00251. The summed E-state index contributed by atoms with van der Waals surface area (Å²) in [6.45, 7) is 6.19. The molecule has 0 aliphatic carbocycles. The SMILES string of the molecule is CC(SCc1ccccc1)C(=O)NC1CCNCC1C. The zero-order valence-corrected chi connectivity index (χ0v) is 13.1.